The van der Waals surface area contributed by atoms with Crippen LogP contribution in [0.5, 0.6) is 0 Å². The average molecular weight is 327 g/mol. The Kier molecular flexibility index (Phi) is 5.81. The molecule has 1 N–H and O–H groups in total. The predicted molar refractivity (Wildman–Crippen MR) is 87.4 cm³/mol. The zero-order valence-corrected chi connectivity index (χ0v) is 14.2. The molecule has 1 saturated heterocycles. The summed E-state index contributed by atoms with van der Waals surface area (Å²) in [5.41, 5.74) is 0.661. The van der Waals surface area contributed by atoms with Gasteiger partial charge in [0.05, 0.1) is 0 Å². The number of nitrogens with one attached hydrogen (secondary N) is 1. The molecule has 1 fully saturated rings. The van der Waals surface area contributed by atoms with Crippen molar-refractivity contribution in [3.05, 3.63) is 34.6 Å². The lowest BCUT2D eigenvalue weighted by molar-refractivity contribution is -0.129. The molecule has 122 valence electrons. The molecule has 1 aliphatic rings. The van der Waals surface area contributed by atoms with Gasteiger partial charge in [-0.25, -0.2) is 4.39 Å². The predicted octanol–water partition coefficient (Wildman–Crippen LogP) is 3.78. The minimum atomic E-state index is -0.264. The van der Waals surface area contributed by atoms with E-state index in [1.165, 1.54) is 6.07 Å². The van der Waals surface area contributed by atoms with Crippen LogP contribution < -0.4 is 5.32 Å². The molecule has 3 nitrogen and oxygen atoms in total. The van der Waals surface area contributed by atoms with E-state index in [1.807, 2.05) is 4.90 Å². The van der Waals surface area contributed by atoms with E-state index in [9.17, 15) is 9.18 Å². The van der Waals surface area contributed by atoms with Crippen LogP contribution in [0.2, 0.25) is 5.02 Å². The number of benzene rings is 1. The summed E-state index contributed by atoms with van der Waals surface area (Å²) < 4.78 is 14.2. The third-order valence-corrected chi connectivity index (χ3v) is 4.55. The maximum atomic E-state index is 14.2. The van der Waals surface area contributed by atoms with Gasteiger partial charge in [0, 0.05) is 42.7 Å². The Bertz CT molecular complexity index is 527. The zero-order chi connectivity index (χ0) is 16.3. The number of hydrogen-bond donors (Lipinski definition) is 1. The fraction of sp³-hybridized carbons (Fsp3) is 0.588. The van der Waals surface area contributed by atoms with Gasteiger partial charge in [0.15, 0.2) is 0 Å². The molecule has 1 amide bonds. The van der Waals surface area contributed by atoms with Crippen molar-refractivity contribution < 1.29 is 9.18 Å². The van der Waals surface area contributed by atoms with Crippen molar-refractivity contribution in [1.82, 2.24) is 10.2 Å². The van der Waals surface area contributed by atoms with Gasteiger partial charge in [-0.05, 0) is 30.9 Å². The molecule has 22 heavy (non-hydrogen) atoms. The highest BCUT2D eigenvalue weighted by molar-refractivity contribution is 6.30. The molecule has 0 aliphatic carbocycles. The number of carbonyl (C=O) groups excluding carboxylic acids is 1. The summed E-state index contributed by atoms with van der Waals surface area (Å²) in [4.78, 5) is 13.2. The molecule has 0 saturated carbocycles. The van der Waals surface area contributed by atoms with Crippen molar-refractivity contribution in [3.63, 3.8) is 0 Å². The minimum Gasteiger partial charge on any atom is -0.343 e. The second kappa shape index (κ2) is 7.42. The third kappa shape index (κ3) is 4.20. The number of piperidine rings is 1. The first-order valence-corrected chi connectivity index (χ1v) is 8.22. The van der Waals surface area contributed by atoms with E-state index in [0.29, 0.717) is 16.6 Å². The first kappa shape index (κ1) is 17.2. The van der Waals surface area contributed by atoms with Gasteiger partial charge in [-0.2, -0.15) is 0 Å². The first-order chi connectivity index (χ1) is 10.4. The van der Waals surface area contributed by atoms with E-state index in [-0.39, 0.29) is 23.7 Å². The van der Waals surface area contributed by atoms with E-state index < -0.39 is 0 Å². The Balaban J connectivity index is 2.05. The minimum absolute atomic E-state index is 0.0499. The van der Waals surface area contributed by atoms with Gasteiger partial charge < -0.3 is 10.2 Å². The summed E-state index contributed by atoms with van der Waals surface area (Å²) in [5.74, 6) is 0.129. The number of nitrogens with zero attached hydrogens (tertiary/aromatic N) is 1. The molecule has 1 aliphatic heterocycles. The lowest BCUT2D eigenvalue weighted by atomic mass is 9.93. The van der Waals surface area contributed by atoms with Gasteiger partial charge in [-0.3, -0.25) is 4.79 Å². The average Bonchev–Trinajstić information content (AvgIpc) is 2.45. The highest BCUT2D eigenvalue weighted by atomic mass is 35.5. The van der Waals surface area contributed by atoms with Crippen molar-refractivity contribution in [1.29, 1.82) is 0 Å². The Hall–Kier alpha value is -1.13. The fourth-order valence-electron chi connectivity index (χ4n) is 3.01. The van der Waals surface area contributed by atoms with E-state index in [2.05, 4.69) is 19.2 Å². The van der Waals surface area contributed by atoms with E-state index in [4.69, 9.17) is 11.6 Å². The van der Waals surface area contributed by atoms with E-state index >= 15 is 0 Å². The summed E-state index contributed by atoms with van der Waals surface area (Å²) in [5, 5.41) is 3.99. The molecule has 1 aromatic rings. The zero-order valence-electron chi connectivity index (χ0n) is 13.4. The molecule has 1 atom stereocenters. The molecule has 0 unspecified atom stereocenters. The molecule has 0 radical (unpaired) electrons. The van der Waals surface area contributed by atoms with Crippen LogP contribution in [0.3, 0.4) is 0 Å². The summed E-state index contributed by atoms with van der Waals surface area (Å²) in [6.07, 6.45) is 1.80. The van der Waals surface area contributed by atoms with Crippen LogP contribution in [0.4, 0.5) is 4.39 Å². The van der Waals surface area contributed by atoms with E-state index in [0.717, 1.165) is 25.9 Å². The second-order valence-corrected chi connectivity index (χ2v) is 6.77. The first-order valence-electron chi connectivity index (χ1n) is 7.85. The number of carbonyl (C=O) groups is 1. The fourth-order valence-corrected chi connectivity index (χ4v) is 3.17. The number of amides is 1. The van der Waals surface area contributed by atoms with Crippen LogP contribution in [0.15, 0.2) is 18.2 Å². The summed E-state index contributed by atoms with van der Waals surface area (Å²) in [6.45, 7) is 7.29. The molecule has 0 spiro atoms. The molecular formula is C17H24ClFN2O. The lowest BCUT2D eigenvalue weighted by Gasteiger charge is -2.35. The molecule has 0 aromatic heterocycles. The number of halogens is 2. The van der Waals surface area contributed by atoms with Gasteiger partial charge in [0.2, 0.25) is 5.91 Å². The normalized spacial score (nSPS) is 17.8. The molecule has 0 bridgehead atoms. The van der Waals surface area contributed by atoms with Crippen molar-refractivity contribution in [2.75, 3.05) is 13.1 Å². The topological polar surface area (TPSA) is 32.3 Å². The van der Waals surface area contributed by atoms with Crippen LogP contribution in [-0.4, -0.2) is 29.9 Å². The largest absolute Gasteiger partial charge is 0.343 e. The van der Waals surface area contributed by atoms with Crippen molar-refractivity contribution in [2.24, 2.45) is 5.92 Å². The molecule has 1 heterocycles. The van der Waals surface area contributed by atoms with Gasteiger partial charge in [-0.15, -0.1) is 0 Å². The van der Waals surface area contributed by atoms with Gasteiger partial charge in [-0.1, -0.05) is 31.5 Å². The van der Waals surface area contributed by atoms with Gasteiger partial charge in [0.1, 0.15) is 5.82 Å². The quantitative estimate of drug-likeness (QED) is 0.913. The van der Waals surface area contributed by atoms with Crippen LogP contribution in [0.25, 0.3) is 0 Å². The van der Waals surface area contributed by atoms with Crippen molar-refractivity contribution >= 4 is 17.5 Å². The lowest BCUT2D eigenvalue weighted by Crippen LogP contribution is -2.46. The van der Waals surface area contributed by atoms with Crippen LogP contribution in [0, 0.1) is 11.7 Å². The van der Waals surface area contributed by atoms with E-state index in [1.54, 1.807) is 19.1 Å². The van der Waals surface area contributed by atoms with Gasteiger partial charge in [0.25, 0.3) is 0 Å². The summed E-state index contributed by atoms with van der Waals surface area (Å²) in [7, 11) is 0. The number of rotatable bonds is 4. The SMILES string of the molecule is CC(=O)N1CCC(N[C@@H](c2ccc(Cl)cc2F)C(C)C)CC1. The monoisotopic (exact) mass is 326 g/mol. The smallest absolute Gasteiger partial charge is 0.219 e. The van der Waals surface area contributed by atoms with Crippen LogP contribution in [-0.2, 0) is 4.79 Å². The maximum absolute atomic E-state index is 14.2. The van der Waals surface area contributed by atoms with Gasteiger partial charge >= 0.3 is 0 Å². The second-order valence-electron chi connectivity index (χ2n) is 6.33. The highest BCUT2D eigenvalue weighted by Crippen LogP contribution is 2.28. The highest BCUT2D eigenvalue weighted by Gasteiger charge is 2.26. The molecule has 2 rings (SSSR count). The maximum Gasteiger partial charge on any atom is 0.219 e. The Labute approximate surface area is 136 Å². The molecule has 1 aromatic carbocycles. The standard InChI is InChI=1S/C17H24ClFN2O/c1-11(2)17(15-5-4-13(18)10-16(15)19)20-14-6-8-21(9-7-14)12(3)22/h4-5,10-11,14,17,20H,6-9H2,1-3H3/t17-/m1/s1. The van der Waals surface area contributed by atoms with Crippen LogP contribution in [0.1, 0.15) is 45.2 Å². The Morgan fingerprint density at radius 1 is 1.36 bits per heavy atom. The van der Waals surface area contributed by atoms with Crippen molar-refractivity contribution in [2.45, 2.75) is 45.7 Å². The molecular weight excluding hydrogens is 303 g/mol. The number of likely N-dealkylation sites (tertiary alicyclic amines) is 1. The number of hydrogen-bond acceptors (Lipinski definition) is 2. The summed E-state index contributed by atoms with van der Waals surface area (Å²) >= 11 is 5.84. The molecule has 5 heteroatoms. The Morgan fingerprint density at radius 3 is 2.50 bits per heavy atom. The third-order valence-electron chi connectivity index (χ3n) is 4.32. The van der Waals surface area contributed by atoms with Crippen molar-refractivity contribution in [3.8, 4) is 0 Å². The summed E-state index contributed by atoms with van der Waals surface area (Å²) in [6, 6.07) is 5.12. The van der Waals surface area contributed by atoms with Crippen LogP contribution >= 0.6 is 11.6 Å². The Morgan fingerprint density at radius 2 is 2.00 bits per heavy atom.